The van der Waals surface area contributed by atoms with Crippen LogP contribution in [-0.2, 0) is 16.9 Å². The molecular weight excluding hydrogens is 504 g/mol. The maximum absolute atomic E-state index is 13.6. The summed E-state index contributed by atoms with van der Waals surface area (Å²) in [6.45, 7) is 5.91. The highest BCUT2D eigenvalue weighted by Gasteiger charge is 2.56. The zero-order valence-corrected chi connectivity index (χ0v) is 22.6. The molecule has 0 aliphatic carbocycles. The van der Waals surface area contributed by atoms with Crippen molar-refractivity contribution in [2.45, 2.75) is 32.9 Å². The second kappa shape index (κ2) is 11.0. The number of nitrogens with one attached hydrogen (secondary N) is 1. The molecule has 40 heavy (non-hydrogen) atoms. The number of ether oxygens (including phenoxy) is 1. The van der Waals surface area contributed by atoms with Crippen molar-refractivity contribution in [3.63, 3.8) is 0 Å². The fraction of sp³-hybridized carbons (Fsp3) is 0.250. The Morgan fingerprint density at radius 2 is 1.77 bits per heavy atom. The van der Waals surface area contributed by atoms with E-state index in [-0.39, 0.29) is 25.6 Å². The summed E-state index contributed by atoms with van der Waals surface area (Å²) in [6.07, 6.45) is 1.75. The van der Waals surface area contributed by atoms with Gasteiger partial charge in [-0.1, -0.05) is 42.2 Å². The van der Waals surface area contributed by atoms with Gasteiger partial charge in [-0.2, -0.15) is 0 Å². The third kappa shape index (κ3) is 4.76. The molecule has 200 valence electrons. The van der Waals surface area contributed by atoms with Gasteiger partial charge in [0.2, 0.25) is 0 Å². The number of fused-ring (bicyclic) bond motifs is 1. The molecule has 1 atom stereocenters. The van der Waals surface area contributed by atoms with Crippen molar-refractivity contribution in [3.05, 3.63) is 83.0 Å². The second-order valence-electron chi connectivity index (χ2n) is 9.62. The highest BCUT2D eigenvalue weighted by Crippen LogP contribution is 2.38. The number of hydrogen-bond acceptors (Lipinski definition) is 5. The van der Waals surface area contributed by atoms with E-state index in [1.165, 1.54) is 4.90 Å². The number of pyridine rings is 1. The molecule has 3 heterocycles. The van der Waals surface area contributed by atoms with Gasteiger partial charge in [-0.3, -0.25) is 24.8 Å². The van der Waals surface area contributed by atoms with Gasteiger partial charge in [-0.15, -0.1) is 11.8 Å². The second-order valence-corrected chi connectivity index (χ2v) is 9.62. The van der Waals surface area contributed by atoms with Crippen molar-refractivity contribution in [2.75, 3.05) is 19.7 Å². The Hall–Kier alpha value is -5.08. The lowest BCUT2D eigenvalue weighted by Gasteiger charge is -2.37. The third-order valence-electron chi connectivity index (χ3n) is 7.16. The van der Waals surface area contributed by atoms with E-state index in [1.807, 2.05) is 49.4 Å². The first-order chi connectivity index (χ1) is 19.4. The fourth-order valence-electron chi connectivity index (χ4n) is 5.10. The third-order valence-corrected chi connectivity index (χ3v) is 7.16. The highest BCUT2D eigenvalue weighted by molar-refractivity contribution is 6.08. The van der Waals surface area contributed by atoms with E-state index in [0.29, 0.717) is 23.4 Å². The first-order valence-electron chi connectivity index (χ1n) is 12.9. The standard InChI is InChI=1S/C32H28N4O4/c1-4-6-16-36-31(39)34-30(38)32(36,25-11-8-23(9-12-25)28-18-22(3)14-15-33-28)21-35-20-24-10-13-26(40-17-7-5-2)19-27(24)29(35)37/h8-15,18-19H,16-17,20-21H2,1-3H3,(H,34,38,39)/t32-/m1/s1. The minimum absolute atomic E-state index is 0.0285. The largest absolute Gasteiger partial charge is 0.481 e. The Morgan fingerprint density at radius 1 is 1.00 bits per heavy atom. The monoisotopic (exact) mass is 532 g/mol. The average Bonchev–Trinajstić information content (AvgIpc) is 3.39. The molecule has 1 aromatic heterocycles. The van der Waals surface area contributed by atoms with Crippen LogP contribution in [0.2, 0.25) is 0 Å². The summed E-state index contributed by atoms with van der Waals surface area (Å²) in [7, 11) is 0. The van der Waals surface area contributed by atoms with E-state index in [0.717, 1.165) is 22.4 Å². The molecule has 2 aliphatic heterocycles. The zero-order valence-electron chi connectivity index (χ0n) is 22.6. The molecule has 0 radical (unpaired) electrons. The van der Waals surface area contributed by atoms with Gasteiger partial charge >= 0.3 is 6.03 Å². The van der Waals surface area contributed by atoms with Crippen LogP contribution >= 0.6 is 0 Å². The molecular formula is C32H28N4O4. The Kier molecular flexibility index (Phi) is 7.27. The molecule has 5 rings (SSSR count). The number of imide groups is 1. The van der Waals surface area contributed by atoms with Crippen LogP contribution in [0.15, 0.2) is 60.8 Å². The smallest absolute Gasteiger partial charge is 0.326 e. The SMILES string of the molecule is CC#CCOc1ccc2c(c1)C(=O)N(C[C@@]1(c3ccc(-c4cc(C)ccn4)cc3)C(=O)NC(=O)N1CC#CC)C2. The first-order valence-corrected chi connectivity index (χ1v) is 12.9. The molecule has 1 N–H and O–H groups in total. The summed E-state index contributed by atoms with van der Waals surface area (Å²) in [4.78, 5) is 47.7. The van der Waals surface area contributed by atoms with Gasteiger partial charge in [0.25, 0.3) is 11.8 Å². The van der Waals surface area contributed by atoms with Crippen molar-refractivity contribution in [2.24, 2.45) is 0 Å². The number of benzene rings is 2. The summed E-state index contributed by atoms with van der Waals surface area (Å²) in [6, 6.07) is 16.1. The predicted octanol–water partition coefficient (Wildman–Crippen LogP) is 3.89. The van der Waals surface area contributed by atoms with Crippen molar-refractivity contribution in [3.8, 4) is 40.7 Å². The van der Waals surface area contributed by atoms with Gasteiger partial charge in [0.05, 0.1) is 18.8 Å². The molecule has 0 unspecified atom stereocenters. The number of aromatic nitrogens is 1. The van der Waals surface area contributed by atoms with E-state index in [4.69, 9.17) is 4.74 Å². The lowest BCUT2D eigenvalue weighted by Crippen LogP contribution is -2.54. The van der Waals surface area contributed by atoms with Crippen molar-refractivity contribution >= 4 is 17.8 Å². The van der Waals surface area contributed by atoms with E-state index in [2.05, 4.69) is 34.0 Å². The summed E-state index contributed by atoms with van der Waals surface area (Å²) in [5.41, 5.74) is 3.19. The Labute approximate surface area is 233 Å². The number of nitrogens with zero attached hydrogens (tertiary/aromatic N) is 3. The summed E-state index contributed by atoms with van der Waals surface area (Å²) < 4.78 is 5.64. The molecule has 1 saturated heterocycles. The van der Waals surface area contributed by atoms with Gasteiger partial charge in [-0.25, -0.2) is 4.79 Å². The number of rotatable bonds is 7. The van der Waals surface area contributed by atoms with E-state index >= 15 is 0 Å². The number of urea groups is 1. The molecule has 2 aliphatic rings. The number of carbonyl (C=O) groups is 3. The lowest BCUT2D eigenvalue weighted by atomic mass is 9.86. The van der Waals surface area contributed by atoms with Crippen molar-refractivity contribution in [1.29, 1.82) is 0 Å². The summed E-state index contributed by atoms with van der Waals surface area (Å²) >= 11 is 0. The van der Waals surface area contributed by atoms with Crippen LogP contribution in [0, 0.1) is 30.6 Å². The molecule has 2 aromatic carbocycles. The van der Waals surface area contributed by atoms with Gasteiger partial charge in [0, 0.05) is 23.9 Å². The maximum Gasteiger partial charge on any atom is 0.326 e. The van der Waals surface area contributed by atoms with Crippen LogP contribution in [-0.4, -0.2) is 52.3 Å². The number of amides is 4. The van der Waals surface area contributed by atoms with Crippen LogP contribution in [0.4, 0.5) is 4.79 Å². The molecule has 0 bridgehead atoms. The van der Waals surface area contributed by atoms with Gasteiger partial charge in [0.15, 0.2) is 5.54 Å². The van der Waals surface area contributed by atoms with E-state index in [1.54, 1.807) is 37.1 Å². The Morgan fingerprint density at radius 3 is 2.50 bits per heavy atom. The maximum atomic E-state index is 13.6. The first kappa shape index (κ1) is 26.5. The average molecular weight is 533 g/mol. The van der Waals surface area contributed by atoms with Crippen LogP contribution < -0.4 is 10.1 Å². The van der Waals surface area contributed by atoms with Crippen LogP contribution in [0.1, 0.15) is 40.9 Å². The molecule has 0 saturated carbocycles. The van der Waals surface area contributed by atoms with Gasteiger partial charge in [0.1, 0.15) is 12.4 Å². The van der Waals surface area contributed by atoms with Crippen molar-refractivity contribution in [1.82, 2.24) is 20.1 Å². The van der Waals surface area contributed by atoms with E-state index < -0.39 is 17.5 Å². The normalized spacial score (nSPS) is 17.5. The van der Waals surface area contributed by atoms with Crippen LogP contribution in [0.25, 0.3) is 11.3 Å². The zero-order chi connectivity index (χ0) is 28.3. The molecule has 0 spiro atoms. The number of aryl methyl sites for hydroxylation is 1. The molecule has 3 aromatic rings. The van der Waals surface area contributed by atoms with Crippen LogP contribution in [0.5, 0.6) is 5.75 Å². The molecule has 8 heteroatoms. The molecule has 1 fully saturated rings. The summed E-state index contributed by atoms with van der Waals surface area (Å²) in [5, 5.41) is 2.46. The minimum atomic E-state index is -1.47. The topological polar surface area (TPSA) is 91.8 Å². The van der Waals surface area contributed by atoms with E-state index in [9.17, 15) is 14.4 Å². The molecule has 4 amide bonds. The lowest BCUT2D eigenvalue weighted by molar-refractivity contribution is -0.127. The van der Waals surface area contributed by atoms with Crippen molar-refractivity contribution < 1.29 is 19.1 Å². The van der Waals surface area contributed by atoms with Gasteiger partial charge < -0.3 is 9.64 Å². The Bertz CT molecular complexity index is 1620. The quantitative estimate of drug-likeness (QED) is 0.368. The number of hydrogen-bond donors (Lipinski definition) is 1. The fourth-order valence-corrected chi connectivity index (χ4v) is 5.10. The van der Waals surface area contributed by atoms with Gasteiger partial charge in [-0.05, 0) is 61.7 Å². The minimum Gasteiger partial charge on any atom is -0.481 e. The molecule has 8 nitrogen and oxygen atoms in total. The summed E-state index contributed by atoms with van der Waals surface area (Å²) in [5.74, 6) is 11.1. The number of carbonyl (C=O) groups excluding carboxylic acids is 3. The predicted molar refractivity (Wildman–Crippen MR) is 150 cm³/mol. The highest BCUT2D eigenvalue weighted by atomic mass is 16.5. The Balaban J connectivity index is 1.51. The van der Waals surface area contributed by atoms with Crippen LogP contribution in [0.3, 0.4) is 0 Å².